The van der Waals surface area contributed by atoms with Crippen molar-refractivity contribution < 1.29 is 9.53 Å². The van der Waals surface area contributed by atoms with Crippen LogP contribution in [0, 0.1) is 0 Å². The van der Waals surface area contributed by atoms with Crippen molar-refractivity contribution in [3.8, 4) is 0 Å². The van der Waals surface area contributed by atoms with Gasteiger partial charge in [0.1, 0.15) is 5.15 Å². The maximum atomic E-state index is 11.8. The van der Waals surface area contributed by atoms with Gasteiger partial charge in [-0.1, -0.05) is 23.2 Å². The summed E-state index contributed by atoms with van der Waals surface area (Å²) in [7, 11) is 3.62. The monoisotopic (exact) mass is 305 g/mol. The van der Waals surface area contributed by atoms with E-state index in [0.29, 0.717) is 18.7 Å². The van der Waals surface area contributed by atoms with Crippen LogP contribution in [0.2, 0.25) is 10.2 Å². The smallest absolute Gasteiger partial charge is 0.252 e. The molecule has 19 heavy (non-hydrogen) atoms. The number of likely N-dealkylation sites (N-methyl/N-ethyl adjacent to an activating group) is 1. The predicted octanol–water partition coefficient (Wildman–Crippen LogP) is 1.70. The van der Waals surface area contributed by atoms with Crippen LogP contribution in [0.5, 0.6) is 0 Å². The van der Waals surface area contributed by atoms with E-state index in [9.17, 15) is 4.79 Å². The van der Waals surface area contributed by atoms with Gasteiger partial charge in [-0.3, -0.25) is 4.79 Å². The first-order valence-corrected chi connectivity index (χ1v) is 6.57. The molecule has 0 aliphatic carbocycles. The first kappa shape index (κ1) is 16.2. The summed E-state index contributed by atoms with van der Waals surface area (Å²) in [6.07, 6.45) is 1.40. The maximum absolute atomic E-state index is 11.8. The largest absolute Gasteiger partial charge is 0.383 e. The highest BCUT2D eigenvalue weighted by Crippen LogP contribution is 2.19. The van der Waals surface area contributed by atoms with Crippen molar-refractivity contribution in [3.63, 3.8) is 0 Å². The van der Waals surface area contributed by atoms with Gasteiger partial charge in [0.15, 0.2) is 0 Å². The van der Waals surface area contributed by atoms with Crippen molar-refractivity contribution in [1.82, 2.24) is 15.2 Å². The number of carbonyl (C=O) groups is 1. The molecule has 0 aliphatic heterocycles. The highest BCUT2D eigenvalue weighted by Gasteiger charge is 2.08. The number of hydrogen-bond donors (Lipinski definition) is 1. The molecule has 1 amide bonds. The summed E-state index contributed by atoms with van der Waals surface area (Å²) in [5, 5.41) is 3.25. The zero-order valence-electron chi connectivity index (χ0n) is 10.9. The zero-order valence-corrected chi connectivity index (χ0v) is 12.5. The number of aromatic nitrogens is 1. The first-order chi connectivity index (χ1) is 9.04. The Balaban J connectivity index is 2.37. The molecular weight excluding hydrogens is 289 g/mol. The van der Waals surface area contributed by atoms with Gasteiger partial charge >= 0.3 is 0 Å². The number of amides is 1. The lowest BCUT2D eigenvalue weighted by Crippen LogP contribution is -2.34. The second-order valence-electron chi connectivity index (χ2n) is 4.05. The molecule has 0 spiro atoms. The highest BCUT2D eigenvalue weighted by atomic mass is 35.5. The molecular formula is C12H17Cl2N3O2. The number of ether oxygens (including phenoxy) is 1. The van der Waals surface area contributed by atoms with E-state index in [2.05, 4.69) is 15.2 Å². The Morgan fingerprint density at radius 1 is 1.47 bits per heavy atom. The van der Waals surface area contributed by atoms with E-state index in [-0.39, 0.29) is 16.1 Å². The summed E-state index contributed by atoms with van der Waals surface area (Å²) in [6.45, 7) is 2.77. The standard InChI is InChI=1S/C12H17Cl2N3O2/c1-17(5-6-19-2)4-3-15-12(18)9-7-10(13)11(14)16-8-9/h7-8H,3-6H2,1-2H3,(H,15,18). The van der Waals surface area contributed by atoms with Crippen LogP contribution >= 0.6 is 23.2 Å². The number of nitrogens with one attached hydrogen (secondary N) is 1. The Labute approximate surface area is 122 Å². The van der Waals surface area contributed by atoms with Gasteiger partial charge in [-0.25, -0.2) is 4.98 Å². The van der Waals surface area contributed by atoms with Crippen LogP contribution in [0.1, 0.15) is 10.4 Å². The fourth-order valence-electron chi connectivity index (χ4n) is 1.37. The van der Waals surface area contributed by atoms with Crippen LogP contribution in [0.15, 0.2) is 12.3 Å². The van der Waals surface area contributed by atoms with Crippen molar-refractivity contribution in [1.29, 1.82) is 0 Å². The Morgan fingerprint density at radius 3 is 2.84 bits per heavy atom. The molecule has 1 heterocycles. The molecule has 0 aromatic carbocycles. The Morgan fingerprint density at radius 2 is 2.21 bits per heavy atom. The molecule has 0 saturated heterocycles. The normalized spacial score (nSPS) is 10.8. The predicted molar refractivity (Wildman–Crippen MR) is 76.0 cm³/mol. The SMILES string of the molecule is COCCN(C)CCNC(=O)c1cnc(Cl)c(Cl)c1. The lowest BCUT2D eigenvalue weighted by molar-refractivity contribution is 0.0947. The second kappa shape index (κ2) is 8.32. The fourth-order valence-corrected chi connectivity index (χ4v) is 1.64. The van der Waals surface area contributed by atoms with Crippen molar-refractivity contribution in [2.75, 3.05) is 40.4 Å². The van der Waals surface area contributed by atoms with Crippen molar-refractivity contribution in [2.45, 2.75) is 0 Å². The van der Waals surface area contributed by atoms with E-state index in [1.54, 1.807) is 7.11 Å². The third-order valence-corrected chi connectivity index (χ3v) is 3.20. The van der Waals surface area contributed by atoms with E-state index < -0.39 is 0 Å². The third-order valence-electron chi connectivity index (χ3n) is 2.51. The number of pyridine rings is 1. The van der Waals surface area contributed by atoms with Gasteiger partial charge in [-0.05, 0) is 13.1 Å². The number of methoxy groups -OCH3 is 1. The van der Waals surface area contributed by atoms with Crippen molar-refractivity contribution in [2.24, 2.45) is 0 Å². The fraction of sp³-hybridized carbons (Fsp3) is 0.500. The van der Waals surface area contributed by atoms with Gasteiger partial charge in [0.05, 0.1) is 17.2 Å². The molecule has 0 radical (unpaired) electrons. The van der Waals surface area contributed by atoms with E-state index in [0.717, 1.165) is 13.1 Å². The molecule has 0 saturated carbocycles. The molecule has 106 valence electrons. The molecule has 7 heteroatoms. The van der Waals surface area contributed by atoms with Crippen LogP contribution in [-0.4, -0.2) is 56.2 Å². The van der Waals surface area contributed by atoms with Crippen molar-refractivity contribution in [3.05, 3.63) is 28.0 Å². The minimum Gasteiger partial charge on any atom is -0.383 e. The second-order valence-corrected chi connectivity index (χ2v) is 4.81. The highest BCUT2D eigenvalue weighted by molar-refractivity contribution is 6.41. The molecule has 5 nitrogen and oxygen atoms in total. The van der Waals surface area contributed by atoms with Crippen LogP contribution in [0.3, 0.4) is 0 Å². The number of hydrogen-bond acceptors (Lipinski definition) is 4. The number of nitrogens with zero attached hydrogens (tertiary/aromatic N) is 2. The van der Waals surface area contributed by atoms with Crippen LogP contribution < -0.4 is 5.32 Å². The van der Waals surface area contributed by atoms with Crippen LogP contribution in [-0.2, 0) is 4.74 Å². The van der Waals surface area contributed by atoms with E-state index in [4.69, 9.17) is 27.9 Å². The number of carbonyl (C=O) groups excluding carboxylic acids is 1. The van der Waals surface area contributed by atoms with Crippen LogP contribution in [0.4, 0.5) is 0 Å². The summed E-state index contributed by atoms with van der Waals surface area (Å²) < 4.78 is 4.97. The summed E-state index contributed by atoms with van der Waals surface area (Å²) in [5.41, 5.74) is 0.397. The van der Waals surface area contributed by atoms with Gasteiger partial charge < -0.3 is 15.0 Å². The van der Waals surface area contributed by atoms with Gasteiger partial charge in [-0.15, -0.1) is 0 Å². The Bertz CT molecular complexity index is 429. The zero-order chi connectivity index (χ0) is 14.3. The molecule has 1 rings (SSSR count). The van der Waals surface area contributed by atoms with Gasteiger partial charge in [-0.2, -0.15) is 0 Å². The summed E-state index contributed by atoms with van der Waals surface area (Å²) in [4.78, 5) is 17.7. The lowest BCUT2D eigenvalue weighted by Gasteiger charge is -2.16. The van der Waals surface area contributed by atoms with Crippen LogP contribution in [0.25, 0.3) is 0 Å². The lowest BCUT2D eigenvalue weighted by atomic mass is 10.2. The minimum atomic E-state index is -0.216. The summed E-state index contributed by atoms with van der Waals surface area (Å²) in [5.74, 6) is -0.216. The summed E-state index contributed by atoms with van der Waals surface area (Å²) in [6, 6.07) is 1.50. The van der Waals surface area contributed by atoms with Crippen molar-refractivity contribution >= 4 is 29.1 Å². The molecule has 0 aliphatic rings. The molecule has 1 aromatic rings. The average molecular weight is 306 g/mol. The molecule has 1 aromatic heterocycles. The van der Waals surface area contributed by atoms with Gasteiger partial charge in [0.25, 0.3) is 5.91 Å². The molecule has 0 fully saturated rings. The van der Waals surface area contributed by atoms with E-state index >= 15 is 0 Å². The quantitative estimate of drug-likeness (QED) is 0.779. The first-order valence-electron chi connectivity index (χ1n) is 5.81. The van der Waals surface area contributed by atoms with E-state index in [1.807, 2.05) is 7.05 Å². The average Bonchev–Trinajstić information content (AvgIpc) is 2.39. The molecule has 1 N–H and O–H groups in total. The Hall–Kier alpha value is -0.880. The third kappa shape index (κ3) is 5.74. The maximum Gasteiger partial charge on any atom is 0.252 e. The summed E-state index contributed by atoms with van der Waals surface area (Å²) >= 11 is 11.5. The van der Waals surface area contributed by atoms with Gasteiger partial charge in [0, 0.05) is 32.9 Å². The van der Waals surface area contributed by atoms with E-state index in [1.165, 1.54) is 12.3 Å². The topological polar surface area (TPSA) is 54.5 Å². The molecule has 0 atom stereocenters. The minimum absolute atomic E-state index is 0.192. The molecule has 0 unspecified atom stereocenters. The van der Waals surface area contributed by atoms with Gasteiger partial charge in [0.2, 0.25) is 0 Å². The number of halogens is 2. The number of rotatable bonds is 7. The Kier molecular flexibility index (Phi) is 7.09. The molecule has 0 bridgehead atoms.